The lowest BCUT2D eigenvalue weighted by atomic mass is 9.94. The van der Waals surface area contributed by atoms with Gasteiger partial charge in [-0.1, -0.05) is 35.3 Å². The van der Waals surface area contributed by atoms with Crippen molar-refractivity contribution < 1.29 is 31.4 Å². The summed E-state index contributed by atoms with van der Waals surface area (Å²) in [4.78, 5) is -1.14. The van der Waals surface area contributed by atoms with Crippen molar-refractivity contribution in [1.29, 1.82) is 0 Å². The number of rotatable bonds is 3. The second-order valence-electron chi connectivity index (χ2n) is 6.98. The Balaban J connectivity index is 2.38. The van der Waals surface area contributed by atoms with E-state index in [9.17, 15) is 31.4 Å². The highest BCUT2D eigenvalue weighted by molar-refractivity contribution is 7.16. The van der Waals surface area contributed by atoms with E-state index in [1.54, 1.807) is 26.0 Å². The summed E-state index contributed by atoms with van der Waals surface area (Å²) in [5.74, 6) is 0. The molecule has 0 bridgehead atoms. The van der Waals surface area contributed by atoms with Crippen LogP contribution in [0, 0.1) is 13.8 Å². The van der Waals surface area contributed by atoms with E-state index in [1.807, 2.05) is 0 Å². The first-order valence-corrected chi connectivity index (χ1v) is 10.3. The molecule has 0 radical (unpaired) electrons. The summed E-state index contributed by atoms with van der Waals surface area (Å²) in [5, 5.41) is 10.7. The summed E-state index contributed by atoms with van der Waals surface area (Å²) < 4.78 is 81.0. The third-order valence-corrected chi connectivity index (χ3v) is 6.57. The zero-order chi connectivity index (χ0) is 23.4. The van der Waals surface area contributed by atoms with Crippen LogP contribution in [0.1, 0.15) is 16.0 Å². The highest BCUT2D eigenvalue weighted by atomic mass is 35.5. The van der Waals surface area contributed by atoms with Crippen LogP contribution in [0.3, 0.4) is 0 Å². The van der Waals surface area contributed by atoms with Crippen LogP contribution in [-0.2, 0) is 5.60 Å². The molecular formula is C21H14Cl2F6OS. The van der Waals surface area contributed by atoms with Crippen molar-refractivity contribution in [2.45, 2.75) is 31.8 Å². The molecule has 0 atom stereocenters. The van der Waals surface area contributed by atoms with Gasteiger partial charge >= 0.3 is 12.4 Å². The van der Waals surface area contributed by atoms with E-state index in [2.05, 4.69) is 0 Å². The van der Waals surface area contributed by atoms with Gasteiger partial charge < -0.3 is 5.11 Å². The van der Waals surface area contributed by atoms with E-state index in [1.165, 1.54) is 24.3 Å². The highest BCUT2D eigenvalue weighted by Crippen LogP contribution is 2.55. The maximum absolute atomic E-state index is 13.5. The number of halogens is 8. The van der Waals surface area contributed by atoms with Gasteiger partial charge in [0.2, 0.25) is 0 Å². The molecule has 0 aliphatic heterocycles. The molecule has 3 aromatic rings. The number of benzene rings is 2. The van der Waals surface area contributed by atoms with E-state index in [-0.39, 0.29) is 21.8 Å². The van der Waals surface area contributed by atoms with Gasteiger partial charge in [0.15, 0.2) is 0 Å². The standard InChI is InChI=1S/C21H14Cl2F6OS/c1-10-7-12(22)3-5-14(10)16-9-17(19(30,20(24,25)26)21(27,28)29)31-18(16)15-6-4-13(23)8-11(15)2/h3-9,30H,1-2H3. The van der Waals surface area contributed by atoms with Crippen LogP contribution in [0.2, 0.25) is 10.0 Å². The Bertz CT molecular complexity index is 1050. The molecule has 31 heavy (non-hydrogen) atoms. The first kappa shape index (κ1) is 23.9. The van der Waals surface area contributed by atoms with Gasteiger partial charge in [-0.05, 0) is 66.4 Å². The number of hydrogen-bond acceptors (Lipinski definition) is 2. The summed E-state index contributed by atoms with van der Waals surface area (Å²) in [5.41, 5.74) is -3.01. The maximum Gasteiger partial charge on any atom is 0.431 e. The fourth-order valence-electron chi connectivity index (χ4n) is 3.22. The fraction of sp³-hybridized carbons (Fsp3) is 0.238. The van der Waals surface area contributed by atoms with Gasteiger partial charge in [-0.2, -0.15) is 26.3 Å². The molecule has 0 saturated heterocycles. The zero-order valence-electron chi connectivity index (χ0n) is 15.9. The average Bonchev–Trinajstić information content (AvgIpc) is 3.04. The van der Waals surface area contributed by atoms with Crippen LogP contribution < -0.4 is 0 Å². The largest absolute Gasteiger partial charge is 0.431 e. The Morgan fingerprint density at radius 2 is 1.16 bits per heavy atom. The van der Waals surface area contributed by atoms with Gasteiger partial charge in [0.05, 0.1) is 4.88 Å². The van der Waals surface area contributed by atoms with Crippen LogP contribution in [-0.4, -0.2) is 17.5 Å². The molecule has 1 heterocycles. The molecule has 0 fully saturated rings. The molecule has 0 spiro atoms. The Kier molecular flexibility index (Phi) is 6.17. The van der Waals surface area contributed by atoms with Gasteiger partial charge in [-0.3, -0.25) is 0 Å². The Labute approximate surface area is 187 Å². The number of aryl methyl sites for hydroxylation is 2. The van der Waals surface area contributed by atoms with E-state index in [4.69, 9.17) is 23.2 Å². The van der Waals surface area contributed by atoms with E-state index >= 15 is 0 Å². The number of alkyl halides is 6. The molecule has 0 saturated carbocycles. The second-order valence-corrected chi connectivity index (χ2v) is 8.90. The lowest BCUT2D eigenvalue weighted by Crippen LogP contribution is -2.53. The van der Waals surface area contributed by atoms with Crippen molar-refractivity contribution in [2.75, 3.05) is 0 Å². The Hall–Kier alpha value is -1.74. The molecule has 2 aromatic carbocycles. The number of hydrogen-bond donors (Lipinski definition) is 1. The van der Waals surface area contributed by atoms with Crippen LogP contribution in [0.4, 0.5) is 26.3 Å². The summed E-state index contributed by atoms with van der Waals surface area (Å²) >= 11 is 12.1. The fourth-order valence-corrected chi connectivity index (χ4v) is 5.07. The molecule has 10 heteroatoms. The predicted molar refractivity (Wildman–Crippen MR) is 111 cm³/mol. The van der Waals surface area contributed by atoms with Crippen molar-refractivity contribution in [1.82, 2.24) is 0 Å². The maximum atomic E-state index is 13.5. The van der Waals surface area contributed by atoms with E-state index < -0.39 is 22.8 Å². The lowest BCUT2D eigenvalue weighted by molar-refractivity contribution is -0.374. The minimum absolute atomic E-state index is 0.117. The van der Waals surface area contributed by atoms with Gasteiger partial charge in [-0.25, -0.2) is 0 Å². The topological polar surface area (TPSA) is 20.2 Å². The molecule has 1 N–H and O–H groups in total. The van der Waals surface area contributed by atoms with Crippen molar-refractivity contribution in [3.8, 4) is 21.6 Å². The summed E-state index contributed by atoms with van der Waals surface area (Å²) in [6.45, 7) is 3.27. The minimum Gasteiger partial charge on any atom is -0.369 e. The van der Waals surface area contributed by atoms with Crippen molar-refractivity contribution in [3.63, 3.8) is 0 Å². The van der Waals surface area contributed by atoms with Gasteiger partial charge in [0, 0.05) is 20.5 Å². The first-order chi connectivity index (χ1) is 14.2. The van der Waals surface area contributed by atoms with E-state index in [0.29, 0.717) is 32.3 Å². The SMILES string of the molecule is Cc1cc(Cl)ccc1-c1cc(C(O)(C(F)(F)F)C(F)(F)F)sc1-c1ccc(Cl)cc1C. The molecule has 0 aliphatic carbocycles. The first-order valence-electron chi connectivity index (χ1n) is 8.70. The molecule has 3 rings (SSSR count). The molecular weight excluding hydrogens is 485 g/mol. The second kappa shape index (κ2) is 7.99. The van der Waals surface area contributed by atoms with Gasteiger partial charge in [-0.15, -0.1) is 11.3 Å². The molecule has 166 valence electrons. The zero-order valence-corrected chi connectivity index (χ0v) is 18.2. The Morgan fingerprint density at radius 3 is 1.58 bits per heavy atom. The third-order valence-electron chi connectivity index (χ3n) is 4.82. The van der Waals surface area contributed by atoms with Crippen LogP contribution in [0.25, 0.3) is 21.6 Å². The molecule has 1 nitrogen and oxygen atoms in total. The van der Waals surface area contributed by atoms with Crippen molar-refractivity contribution in [3.05, 3.63) is 68.5 Å². The number of aliphatic hydroxyl groups is 1. The van der Waals surface area contributed by atoms with Gasteiger partial charge in [0.1, 0.15) is 0 Å². The van der Waals surface area contributed by atoms with Gasteiger partial charge in [0.25, 0.3) is 5.60 Å². The van der Waals surface area contributed by atoms with Crippen LogP contribution in [0.15, 0.2) is 42.5 Å². The lowest BCUT2D eigenvalue weighted by Gasteiger charge is -2.31. The third kappa shape index (κ3) is 4.18. The molecule has 1 aromatic heterocycles. The predicted octanol–water partition coefficient (Wildman–Crippen LogP) is 8.32. The summed E-state index contributed by atoms with van der Waals surface area (Å²) in [6, 6.07) is 9.84. The van der Waals surface area contributed by atoms with Crippen LogP contribution >= 0.6 is 34.5 Å². The number of thiophene rings is 1. The average molecular weight is 499 g/mol. The monoisotopic (exact) mass is 498 g/mol. The molecule has 0 aliphatic rings. The van der Waals surface area contributed by atoms with E-state index in [0.717, 1.165) is 6.07 Å². The van der Waals surface area contributed by atoms with Crippen molar-refractivity contribution in [2.24, 2.45) is 0 Å². The smallest absolute Gasteiger partial charge is 0.369 e. The van der Waals surface area contributed by atoms with Crippen LogP contribution in [0.5, 0.6) is 0 Å². The molecule has 0 amide bonds. The normalized spacial score (nSPS) is 13.0. The summed E-state index contributed by atoms with van der Waals surface area (Å²) in [7, 11) is 0. The summed E-state index contributed by atoms with van der Waals surface area (Å²) in [6.07, 6.45) is -12.0. The quantitative estimate of drug-likeness (QED) is 0.360. The Morgan fingerprint density at radius 1 is 0.710 bits per heavy atom. The highest BCUT2D eigenvalue weighted by Gasteiger charge is 2.72. The molecule has 0 unspecified atom stereocenters. The minimum atomic E-state index is -5.98. The van der Waals surface area contributed by atoms with Crippen molar-refractivity contribution >= 4 is 34.5 Å².